The molecule has 0 aromatic heterocycles. The van der Waals surface area contributed by atoms with Crippen LogP contribution >= 0.6 is 0 Å². The number of ketones is 1. The molecule has 0 radical (unpaired) electrons. The topological polar surface area (TPSA) is 103 Å². The van der Waals surface area contributed by atoms with Crippen molar-refractivity contribution < 1.29 is 14.6 Å². The van der Waals surface area contributed by atoms with Crippen LogP contribution < -0.4 is 0 Å². The number of carbonyl (C=O) groups is 1. The standard InChI is InChI=1S/C13H6N2O5/c16-13-11-5-7(14(17)18)1-3-9(11)10-4-2-8(15(19)20)6-12(10)13/h1-6H. The van der Waals surface area contributed by atoms with Gasteiger partial charge in [0.25, 0.3) is 11.4 Å². The Hall–Kier alpha value is -3.09. The van der Waals surface area contributed by atoms with E-state index >= 15 is 0 Å². The summed E-state index contributed by atoms with van der Waals surface area (Å²) in [5.74, 6) is -0.428. The predicted octanol–water partition coefficient (Wildman–Crippen LogP) is 2.71. The Morgan fingerprint density at radius 3 is 1.45 bits per heavy atom. The van der Waals surface area contributed by atoms with E-state index in [4.69, 9.17) is 0 Å². The Balaban J connectivity index is 2.21. The van der Waals surface area contributed by atoms with E-state index in [-0.39, 0.29) is 22.5 Å². The normalized spacial score (nSPS) is 11.9. The minimum absolute atomic E-state index is 0.181. The summed E-state index contributed by atoms with van der Waals surface area (Å²) in [7, 11) is 0. The summed E-state index contributed by atoms with van der Waals surface area (Å²) in [5.41, 5.74) is 1.17. The molecule has 98 valence electrons. The monoisotopic (exact) mass is 270 g/mol. The summed E-state index contributed by atoms with van der Waals surface area (Å²) in [6, 6.07) is 7.99. The lowest BCUT2D eigenvalue weighted by Crippen LogP contribution is -1.97. The van der Waals surface area contributed by atoms with Crippen molar-refractivity contribution in [3.05, 3.63) is 67.8 Å². The predicted molar refractivity (Wildman–Crippen MR) is 68.6 cm³/mol. The van der Waals surface area contributed by atoms with E-state index in [2.05, 4.69) is 0 Å². The van der Waals surface area contributed by atoms with Crippen molar-refractivity contribution in [3.8, 4) is 11.1 Å². The number of benzene rings is 2. The molecule has 0 bridgehead atoms. The van der Waals surface area contributed by atoms with E-state index in [1.54, 1.807) is 0 Å². The number of nitro groups is 2. The van der Waals surface area contributed by atoms with Gasteiger partial charge in [0.1, 0.15) is 0 Å². The number of rotatable bonds is 2. The lowest BCUT2D eigenvalue weighted by molar-refractivity contribution is -0.385. The lowest BCUT2D eigenvalue weighted by atomic mass is 10.1. The molecule has 7 heteroatoms. The van der Waals surface area contributed by atoms with Crippen molar-refractivity contribution in [1.82, 2.24) is 0 Å². The average molecular weight is 270 g/mol. The van der Waals surface area contributed by atoms with Gasteiger partial charge in [-0.3, -0.25) is 25.0 Å². The Bertz CT molecular complexity index is 732. The van der Waals surface area contributed by atoms with Crippen LogP contribution in [0, 0.1) is 20.2 Å². The fraction of sp³-hybridized carbons (Fsp3) is 0. The number of hydrogen-bond acceptors (Lipinski definition) is 5. The summed E-state index contributed by atoms with van der Waals surface area (Å²) in [6.07, 6.45) is 0. The Labute approximate surface area is 111 Å². The maximum atomic E-state index is 12.2. The van der Waals surface area contributed by atoms with Crippen molar-refractivity contribution >= 4 is 17.2 Å². The number of carbonyl (C=O) groups excluding carboxylic acids is 1. The van der Waals surface area contributed by atoms with Crippen molar-refractivity contribution in [2.45, 2.75) is 0 Å². The summed E-state index contributed by atoms with van der Waals surface area (Å²) in [4.78, 5) is 32.5. The quantitative estimate of drug-likeness (QED) is 0.526. The van der Waals surface area contributed by atoms with Gasteiger partial charge in [-0.1, -0.05) is 0 Å². The molecule has 20 heavy (non-hydrogen) atoms. The second-order valence-electron chi connectivity index (χ2n) is 4.30. The van der Waals surface area contributed by atoms with Crippen LogP contribution in [0.15, 0.2) is 36.4 Å². The van der Waals surface area contributed by atoms with E-state index in [0.29, 0.717) is 11.1 Å². The van der Waals surface area contributed by atoms with Gasteiger partial charge in [-0.05, 0) is 23.3 Å². The SMILES string of the molecule is O=C1c2cc([N+](=O)[O-])ccc2-c2ccc([N+](=O)[O-])cc21. The van der Waals surface area contributed by atoms with Crippen LogP contribution in [0.2, 0.25) is 0 Å². The largest absolute Gasteiger partial charge is 0.289 e. The highest BCUT2D eigenvalue weighted by molar-refractivity contribution is 6.22. The summed E-state index contributed by atoms with van der Waals surface area (Å²) < 4.78 is 0. The van der Waals surface area contributed by atoms with Crippen LogP contribution in [-0.2, 0) is 0 Å². The van der Waals surface area contributed by atoms with Crippen molar-refractivity contribution in [2.24, 2.45) is 0 Å². The number of non-ortho nitro benzene ring substituents is 2. The molecule has 0 amide bonds. The first-order valence-electron chi connectivity index (χ1n) is 5.61. The molecule has 0 aliphatic heterocycles. The van der Waals surface area contributed by atoms with Crippen LogP contribution in [-0.4, -0.2) is 15.6 Å². The highest BCUT2D eigenvalue weighted by atomic mass is 16.6. The third-order valence-electron chi connectivity index (χ3n) is 3.21. The molecule has 0 N–H and O–H groups in total. The number of nitrogens with zero attached hydrogens (tertiary/aromatic N) is 2. The van der Waals surface area contributed by atoms with Crippen molar-refractivity contribution in [2.75, 3.05) is 0 Å². The van der Waals surface area contributed by atoms with Gasteiger partial charge in [0.15, 0.2) is 5.78 Å². The molecule has 0 atom stereocenters. The summed E-state index contributed by atoms with van der Waals surface area (Å²) >= 11 is 0. The molecule has 0 heterocycles. The molecule has 1 aliphatic rings. The fourth-order valence-corrected chi connectivity index (χ4v) is 2.28. The molecular weight excluding hydrogens is 264 g/mol. The molecule has 7 nitrogen and oxygen atoms in total. The lowest BCUT2D eigenvalue weighted by Gasteiger charge is -1.99. The summed E-state index contributed by atoms with van der Waals surface area (Å²) in [5, 5.41) is 21.5. The molecule has 2 aromatic rings. The molecule has 1 aliphatic carbocycles. The molecule has 3 rings (SSSR count). The van der Waals surface area contributed by atoms with E-state index in [1.165, 1.54) is 36.4 Å². The molecule has 0 fully saturated rings. The first kappa shape index (κ1) is 12.0. The second-order valence-corrected chi connectivity index (χ2v) is 4.30. The Morgan fingerprint density at radius 2 is 1.10 bits per heavy atom. The van der Waals surface area contributed by atoms with Gasteiger partial charge in [-0.15, -0.1) is 0 Å². The molecule has 0 saturated heterocycles. The highest BCUT2D eigenvalue weighted by Crippen LogP contribution is 2.39. The van der Waals surface area contributed by atoms with Crippen LogP contribution in [0.4, 0.5) is 11.4 Å². The maximum absolute atomic E-state index is 12.2. The Morgan fingerprint density at radius 1 is 0.700 bits per heavy atom. The van der Waals surface area contributed by atoms with Crippen LogP contribution in [0.25, 0.3) is 11.1 Å². The van der Waals surface area contributed by atoms with Gasteiger partial charge in [0, 0.05) is 35.4 Å². The van der Waals surface area contributed by atoms with Crippen LogP contribution in [0.1, 0.15) is 15.9 Å². The van der Waals surface area contributed by atoms with Crippen LogP contribution in [0.5, 0.6) is 0 Å². The molecule has 0 spiro atoms. The van der Waals surface area contributed by atoms with E-state index in [1.807, 2.05) is 0 Å². The number of nitro benzene ring substituents is 2. The fourth-order valence-electron chi connectivity index (χ4n) is 2.28. The Kier molecular flexibility index (Phi) is 2.37. The highest BCUT2D eigenvalue weighted by Gasteiger charge is 2.30. The molecule has 2 aromatic carbocycles. The van der Waals surface area contributed by atoms with Crippen molar-refractivity contribution in [1.29, 1.82) is 0 Å². The van der Waals surface area contributed by atoms with Gasteiger partial charge < -0.3 is 0 Å². The second kappa shape index (κ2) is 3.95. The van der Waals surface area contributed by atoms with Gasteiger partial charge in [0.2, 0.25) is 0 Å². The van der Waals surface area contributed by atoms with Gasteiger partial charge in [-0.25, -0.2) is 0 Å². The van der Waals surface area contributed by atoms with E-state index in [0.717, 1.165) is 0 Å². The minimum Gasteiger partial charge on any atom is -0.289 e. The zero-order valence-electron chi connectivity index (χ0n) is 9.90. The maximum Gasteiger partial charge on any atom is 0.270 e. The first-order valence-corrected chi connectivity index (χ1v) is 5.61. The van der Waals surface area contributed by atoms with E-state index in [9.17, 15) is 25.0 Å². The number of fused-ring (bicyclic) bond motifs is 3. The van der Waals surface area contributed by atoms with Crippen LogP contribution in [0.3, 0.4) is 0 Å². The molecule has 0 saturated carbocycles. The number of hydrogen-bond donors (Lipinski definition) is 0. The minimum atomic E-state index is -0.584. The average Bonchev–Trinajstić information content (AvgIpc) is 2.71. The zero-order valence-corrected chi connectivity index (χ0v) is 9.90. The van der Waals surface area contributed by atoms with Gasteiger partial charge >= 0.3 is 0 Å². The van der Waals surface area contributed by atoms with Gasteiger partial charge in [0.05, 0.1) is 9.85 Å². The molecular formula is C13H6N2O5. The van der Waals surface area contributed by atoms with E-state index < -0.39 is 15.6 Å². The van der Waals surface area contributed by atoms with Crippen molar-refractivity contribution in [3.63, 3.8) is 0 Å². The zero-order chi connectivity index (χ0) is 14.4. The first-order chi connectivity index (χ1) is 9.49. The smallest absolute Gasteiger partial charge is 0.270 e. The summed E-state index contributed by atoms with van der Waals surface area (Å²) in [6.45, 7) is 0. The van der Waals surface area contributed by atoms with Gasteiger partial charge in [-0.2, -0.15) is 0 Å². The third kappa shape index (κ3) is 1.57. The third-order valence-corrected chi connectivity index (χ3v) is 3.21. The molecule has 0 unspecified atom stereocenters.